The highest BCUT2D eigenvalue weighted by molar-refractivity contribution is 8.08. The van der Waals surface area contributed by atoms with Gasteiger partial charge in [-0.3, -0.25) is 19.5 Å². The van der Waals surface area contributed by atoms with Gasteiger partial charge in [-0.2, -0.15) is 4.31 Å². The number of carbonyl (C=O) groups is 2. The number of ether oxygens (including phenoxy) is 1. The van der Waals surface area contributed by atoms with Gasteiger partial charge in [0.05, 0.1) is 6.61 Å². The van der Waals surface area contributed by atoms with E-state index in [1.165, 1.54) is 0 Å². The third kappa shape index (κ3) is 7.09. The number of urea groups is 1. The van der Waals surface area contributed by atoms with Gasteiger partial charge in [0.25, 0.3) is 0 Å². The lowest BCUT2D eigenvalue weighted by Crippen LogP contribution is -2.56. The number of carbonyl (C=O) groups excluding carboxylic acids is 2. The molecule has 168 valence electrons. The molecule has 20 heteroatoms. The van der Waals surface area contributed by atoms with Crippen LogP contribution >= 0.6 is 22.4 Å². The molecule has 0 aromatic carbocycles. The van der Waals surface area contributed by atoms with Gasteiger partial charge in [-0.05, 0) is 11.8 Å². The van der Waals surface area contributed by atoms with Crippen molar-refractivity contribution in [3.63, 3.8) is 0 Å². The van der Waals surface area contributed by atoms with E-state index in [0.717, 1.165) is 4.90 Å². The van der Waals surface area contributed by atoms with Crippen LogP contribution < -0.4 is 5.32 Å². The number of hydrogen-bond donors (Lipinski definition) is 7. The molecule has 6 unspecified atom stereocenters. The summed E-state index contributed by atoms with van der Waals surface area (Å²) in [6.45, 7) is -5.82. The van der Waals surface area contributed by atoms with Gasteiger partial charge in [0.15, 0.2) is 6.23 Å². The maximum Gasteiger partial charge on any atom is 0.488 e. The summed E-state index contributed by atoms with van der Waals surface area (Å²) < 4.78 is 40.3. The molecule has 2 saturated heterocycles. The molecule has 2 heterocycles. The average Bonchev–Trinajstić information content (AvgIpc) is 2.78. The van der Waals surface area contributed by atoms with Gasteiger partial charge in [0, 0.05) is 13.0 Å². The van der Waals surface area contributed by atoms with E-state index in [9.17, 15) is 38.7 Å². The lowest BCUT2D eigenvalue weighted by molar-refractivity contribution is -0.125. The smallest absolute Gasteiger partial charge is 0.387 e. The Morgan fingerprint density at radius 1 is 1.10 bits per heavy atom. The van der Waals surface area contributed by atoms with Gasteiger partial charge in [0.2, 0.25) is 5.91 Å². The maximum absolute atomic E-state index is 11.8. The number of imide groups is 1. The number of phosphoric acid groups is 2. The first kappa shape index (κ1) is 24.9. The second-order valence-electron chi connectivity index (χ2n) is 5.73. The molecule has 3 amide bonds. The summed E-state index contributed by atoms with van der Waals surface area (Å²) >= 11 is 3.93. The van der Waals surface area contributed by atoms with E-state index in [-0.39, 0.29) is 13.0 Å². The first-order chi connectivity index (χ1) is 13.1. The third-order valence-electron chi connectivity index (χ3n) is 3.55. The van der Waals surface area contributed by atoms with Crippen molar-refractivity contribution in [3.8, 4) is 0 Å². The van der Waals surface area contributed by atoms with Gasteiger partial charge in [-0.1, -0.05) is 0 Å². The Hall–Kier alpha value is -0.350. The van der Waals surface area contributed by atoms with E-state index >= 15 is 0 Å². The molecule has 29 heavy (non-hydrogen) atoms. The molecule has 0 saturated carbocycles. The van der Waals surface area contributed by atoms with Crippen LogP contribution in [0.2, 0.25) is 0 Å². The molecule has 0 aromatic rings. The van der Waals surface area contributed by atoms with Crippen LogP contribution in [0.1, 0.15) is 6.42 Å². The fourth-order valence-electron chi connectivity index (χ4n) is 2.42. The quantitative estimate of drug-likeness (QED) is 0.175. The molecule has 2 rings (SSSR count). The third-order valence-corrected chi connectivity index (χ3v) is 7.95. The Bertz CT molecular complexity index is 803. The van der Waals surface area contributed by atoms with Crippen molar-refractivity contribution in [1.82, 2.24) is 10.2 Å². The zero-order valence-corrected chi connectivity index (χ0v) is 17.6. The predicted molar refractivity (Wildman–Crippen MR) is 92.0 cm³/mol. The minimum absolute atomic E-state index is 0.0935. The highest BCUT2D eigenvalue weighted by atomic mass is 32.5. The number of aliphatic hydroxyl groups excluding tert-OH is 2. The average molecular weight is 502 g/mol. The zero-order chi connectivity index (χ0) is 22.2. The number of aliphatic hydroxyl groups is 2. The standard InChI is InChI=1S/C9H17N2O14P3S/c12-5-1-2-11(9(15)10-5)8-7(14)6(13)4(23-8)3-22-26(16,17)24-27(18,19)25-28(20,21)29/h4,6-8,13-14H,1-3H2,(H,16,17)(H,18,19)(H,10,12,15)(H2,20,21,29). The number of nitrogens with one attached hydrogen (secondary N) is 1. The Morgan fingerprint density at radius 2 is 1.72 bits per heavy atom. The fraction of sp³-hybridized carbons (Fsp3) is 0.778. The van der Waals surface area contributed by atoms with Crippen molar-refractivity contribution in [2.75, 3.05) is 13.2 Å². The SMILES string of the molecule is O=C1CCN(C2OC(COP(=O)(O)OP(=O)(O)OP(O)(O)=S)C(O)C2O)C(=O)N1. The van der Waals surface area contributed by atoms with E-state index in [0.29, 0.717) is 0 Å². The van der Waals surface area contributed by atoms with Crippen LogP contribution in [0.15, 0.2) is 0 Å². The summed E-state index contributed by atoms with van der Waals surface area (Å²) in [5.41, 5.74) is 0. The summed E-state index contributed by atoms with van der Waals surface area (Å²) in [5, 5.41) is 22.0. The van der Waals surface area contributed by atoms with Crippen LogP contribution in [0.5, 0.6) is 0 Å². The van der Waals surface area contributed by atoms with Crippen LogP contribution in [0, 0.1) is 0 Å². The molecule has 2 aliphatic rings. The molecule has 6 atom stereocenters. The summed E-state index contributed by atoms with van der Waals surface area (Å²) in [4.78, 5) is 60.1. The van der Waals surface area contributed by atoms with Crippen LogP contribution in [-0.4, -0.2) is 84.3 Å². The minimum Gasteiger partial charge on any atom is -0.387 e. The first-order valence-corrected chi connectivity index (χ1v) is 13.1. The molecule has 0 radical (unpaired) electrons. The molecule has 2 aliphatic heterocycles. The number of amides is 3. The van der Waals surface area contributed by atoms with E-state index < -0.39 is 65.4 Å². The molecular formula is C9H17N2O14P3S. The highest BCUT2D eigenvalue weighted by Gasteiger charge is 2.49. The second-order valence-corrected chi connectivity index (χ2v) is 11.6. The monoisotopic (exact) mass is 502 g/mol. The van der Waals surface area contributed by atoms with E-state index in [4.69, 9.17) is 14.5 Å². The molecule has 0 spiro atoms. The van der Waals surface area contributed by atoms with Gasteiger partial charge in [-0.15, -0.1) is 0 Å². The normalized spacial score (nSPS) is 32.6. The minimum atomic E-state index is -5.51. The molecule has 0 aliphatic carbocycles. The largest absolute Gasteiger partial charge is 0.488 e. The molecule has 2 fully saturated rings. The van der Waals surface area contributed by atoms with Crippen molar-refractivity contribution in [2.45, 2.75) is 31.0 Å². The van der Waals surface area contributed by atoms with Gasteiger partial charge in [-0.25, -0.2) is 18.2 Å². The van der Waals surface area contributed by atoms with Crippen molar-refractivity contribution >= 4 is 46.1 Å². The van der Waals surface area contributed by atoms with Crippen LogP contribution in [0.4, 0.5) is 4.79 Å². The second kappa shape index (κ2) is 9.02. The predicted octanol–water partition coefficient (Wildman–Crippen LogP) is -2.17. The number of hydrogen-bond acceptors (Lipinski definition) is 11. The van der Waals surface area contributed by atoms with Gasteiger partial charge in [0.1, 0.15) is 18.3 Å². The number of phosphoric ester groups is 1. The molecular weight excluding hydrogens is 485 g/mol. The summed E-state index contributed by atoms with van der Waals surface area (Å²) in [6, 6.07) is -0.891. The van der Waals surface area contributed by atoms with Crippen molar-refractivity contribution in [1.29, 1.82) is 0 Å². The highest BCUT2D eigenvalue weighted by Crippen LogP contribution is 2.66. The van der Waals surface area contributed by atoms with Gasteiger partial charge < -0.3 is 34.5 Å². The lowest BCUT2D eigenvalue weighted by atomic mass is 10.1. The van der Waals surface area contributed by atoms with Crippen molar-refractivity contribution < 1.29 is 66.4 Å². The van der Waals surface area contributed by atoms with Crippen LogP contribution in [0.3, 0.4) is 0 Å². The van der Waals surface area contributed by atoms with Crippen molar-refractivity contribution in [2.24, 2.45) is 0 Å². The van der Waals surface area contributed by atoms with Gasteiger partial charge >= 0.3 is 28.4 Å². The lowest BCUT2D eigenvalue weighted by Gasteiger charge is -2.32. The Labute approximate surface area is 167 Å². The van der Waals surface area contributed by atoms with Crippen LogP contribution in [-0.2, 0) is 43.6 Å². The summed E-state index contributed by atoms with van der Waals surface area (Å²) in [7, 11) is -10.9. The van der Waals surface area contributed by atoms with E-state index in [1.807, 2.05) is 5.32 Å². The molecule has 16 nitrogen and oxygen atoms in total. The zero-order valence-electron chi connectivity index (χ0n) is 14.1. The summed E-state index contributed by atoms with van der Waals surface area (Å²) in [6.07, 6.45) is -6.41. The first-order valence-electron chi connectivity index (χ1n) is 7.51. The molecule has 0 aromatic heterocycles. The van der Waals surface area contributed by atoms with E-state index in [2.05, 4.69) is 25.0 Å². The Morgan fingerprint density at radius 3 is 2.28 bits per heavy atom. The topological polar surface area (TPSA) is 242 Å². The van der Waals surface area contributed by atoms with Crippen LogP contribution in [0.25, 0.3) is 0 Å². The maximum atomic E-state index is 11.8. The van der Waals surface area contributed by atoms with E-state index in [1.54, 1.807) is 0 Å². The summed E-state index contributed by atoms with van der Waals surface area (Å²) in [5.74, 6) is -0.551. The molecule has 7 N–H and O–H groups in total. The Balaban J connectivity index is 1.97. The number of rotatable bonds is 8. The molecule has 0 bridgehead atoms. The fourth-order valence-corrected chi connectivity index (χ4v) is 6.20. The number of nitrogens with zero attached hydrogens (tertiary/aromatic N) is 1. The Kier molecular flexibility index (Phi) is 7.75. The van der Waals surface area contributed by atoms with Crippen molar-refractivity contribution in [3.05, 3.63) is 0 Å².